The molecular weight excluding hydrogens is 206 g/mol. The van der Waals surface area contributed by atoms with Crippen molar-refractivity contribution in [1.29, 1.82) is 0 Å². The van der Waals surface area contributed by atoms with Crippen LogP contribution in [0.3, 0.4) is 0 Å². The third-order valence-corrected chi connectivity index (χ3v) is 2.33. The van der Waals surface area contributed by atoms with Gasteiger partial charge in [-0.2, -0.15) is 0 Å². The van der Waals surface area contributed by atoms with Gasteiger partial charge in [0.1, 0.15) is 5.58 Å². The second-order valence-corrected chi connectivity index (χ2v) is 3.37. The van der Waals surface area contributed by atoms with Crippen LogP contribution in [0.4, 0.5) is 5.88 Å². The molecule has 0 aliphatic carbocycles. The molecule has 0 bridgehead atoms. The van der Waals surface area contributed by atoms with Crippen molar-refractivity contribution in [2.24, 2.45) is 0 Å². The van der Waals surface area contributed by atoms with Crippen molar-refractivity contribution in [3.8, 4) is 5.75 Å². The Labute approximate surface area is 93.2 Å². The molecule has 1 amide bonds. The first-order valence-corrected chi connectivity index (χ1v) is 5.06. The number of carbonyl (C=O) groups excluding carboxylic acids is 1. The largest absolute Gasteiger partial charge is 0.488 e. The minimum Gasteiger partial charge on any atom is -0.488 e. The van der Waals surface area contributed by atoms with Gasteiger partial charge < -0.3 is 9.15 Å². The summed E-state index contributed by atoms with van der Waals surface area (Å²) in [4.78, 5) is 10.3. The van der Waals surface area contributed by atoms with Crippen molar-refractivity contribution in [2.75, 3.05) is 11.9 Å². The third kappa shape index (κ3) is 1.62. The number of amides is 1. The van der Waals surface area contributed by atoms with Crippen LogP contribution in [-0.2, 0) is 4.79 Å². The molecule has 1 radical (unpaired) electrons. The van der Waals surface area contributed by atoms with Gasteiger partial charge in [0.25, 0.3) is 0 Å². The molecule has 4 heteroatoms. The average Bonchev–Trinajstić information content (AvgIpc) is 2.59. The fraction of sp³-hybridized carbons (Fsp3) is 0.250. The second-order valence-electron chi connectivity index (χ2n) is 3.37. The van der Waals surface area contributed by atoms with Crippen molar-refractivity contribution in [3.05, 3.63) is 23.8 Å². The fourth-order valence-corrected chi connectivity index (χ4v) is 1.70. The quantitative estimate of drug-likeness (QED) is 0.802. The maximum Gasteiger partial charge on any atom is 0.316 e. The summed E-state index contributed by atoms with van der Waals surface area (Å²) in [5, 5.41) is 3.27. The van der Waals surface area contributed by atoms with Crippen LogP contribution < -0.4 is 10.1 Å². The predicted molar refractivity (Wildman–Crippen MR) is 61.4 cm³/mol. The van der Waals surface area contributed by atoms with Gasteiger partial charge in [0, 0.05) is 0 Å². The maximum atomic E-state index is 10.3. The van der Waals surface area contributed by atoms with Crippen LogP contribution >= 0.6 is 0 Å². The lowest BCUT2D eigenvalue weighted by molar-refractivity contribution is 0.342. The molecular formula is C12H12NO3. The number of hydrogen-bond acceptors (Lipinski definition) is 3. The summed E-state index contributed by atoms with van der Waals surface area (Å²) in [6.45, 7) is 4.36. The van der Waals surface area contributed by atoms with Crippen molar-refractivity contribution in [1.82, 2.24) is 0 Å². The van der Waals surface area contributed by atoms with Gasteiger partial charge in [0.05, 0.1) is 12.0 Å². The monoisotopic (exact) mass is 218 g/mol. The van der Waals surface area contributed by atoms with Gasteiger partial charge in [0.15, 0.2) is 5.75 Å². The Morgan fingerprint density at radius 1 is 1.50 bits per heavy atom. The molecule has 0 saturated heterocycles. The van der Waals surface area contributed by atoms with E-state index >= 15 is 0 Å². The number of nitrogens with one attached hydrogen (secondary N) is 1. The van der Waals surface area contributed by atoms with Crippen LogP contribution in [0.1, 0.15) is 12.5 Å². The topological polar surface area (TPSA) is 51.5 Å². The van der Waals surface area contributed by atoms with E-state index in [1.54, 1.807) is 6.41 Å². The highest BCUT2D eigenvalue weighted by atomic mass is 16.5. The summed E-state index contributed by atoms with van der Waals surface area (Å²) < 4.78 is 11.0. The van der Waals surface area contributed by atoms with Crippen LogP contribution in [0.5, 0.6) is 5.75 Å². The summed E-state index contributed by atoms with van der Waals surface area (Å²) in [6, 6.07) is 5.70. The van der Waals surface area contributed by atoms with E-state index in [4.69, 9.17) is 9.15 Å². The molecule has 16 heavy (non-hydrogen) atoms. The summed E-state index contributed by atoms with van der Waals surface area (Å²) in [6.07, 6.45) is 1.59. The van der Waals surface area contributed by atoms with Gasteiger partial charge in [0.2, 0.25) is 5.88 Å². The normalized spacial score (nSPS) is 10.4. The molecule has 1 aromatic heterocycles. The number of ether oxygens (including phenoxy) is 1. The van der Waals surface area contributed by atoms with Gasteiger partial charge in [-0.1, -0.05) is 12.1 Å². The molecule has 0 aliphatic heterocycles. The standard InChI is InChI=1S/C12H12NO3/c1-3-15-11-10-8(2)5-4-6-9(10)16-12(11)13-7-14/h4-6H,3H2,1-2H3,(H,13,14). The zero-order chi connectivity index (χ0) is 11.5. The van der Waals surface area contributed by atoms with Gasteiger partial charge in [-0.3, -0.25) is 10.1 Å². The second kappa shape index (κ2) is 4.26. The molecule has 0 aliphatic rings. The van der Waals surface area contributed by atoms with Gasteiger partial charge in [-0.25, -0.2) is 0 Å². The third-order valence-electron chi connectivity index (χ3n) is 2.33. The summed E-state index contributed by atoms with van der Waals surface area (Å²) >= 11 is 0. The first-order chi connectivity index (χ1) is 7.77. The molecule has 0 spiro atoms. The van der Waals surface area contributed by atoms with Crippen molar-refractivity contribution in [3.63, 3.8) is 0 Å². The van der Waals surface area contributed by atoms with Crippen LogP contribution in [0.25, 0.3) is 11.0 Å². The van der Waals surface area contributed by atoms with Crippen LogP contribution in [-0.4, -0.2) is 13.0 Å². The van der Waals surface area contributed by atoms with Gasteiger partial charge >= 0.3 is 6.41 Å². The lowest BCUT2D eigenvalue weighted by Crippen LogP contribution is -1.97. The number of anilines is 1. The van der Waals surface area contributed by atoms with Gasteiger partial charge in [-0.15, -0.1) is 0 Å². The minimum atomic E-state index is 0.307. The van der Waals surface area contributed by atoms with Crippen molar-refractivity contribution >= 4 is 23.3 Å². The molecule has 2 rings (SSSR count). The number of hydrogen-bond donors (Lipinski definition) is 1. The average molecular weight is 218 g/mol. The minimum absolute atomic E-state index is 0.307. The van der Waals surface area contributed by atoms with Crippen LogP contribution in [0.2, 0.25) is 0 Å². The molecule has 0 fully saturated rings. The Kier molecular flexibility index (Phi) is 2.81. The zero-order valence-electron chi connectivity index (χ0n) is 9.16. The Hall–Kier alpha value is -1.97. The smallest absolute Gasteiger partial charge is 0.316 e. The number of fused-ring (bicyclic) bond motifs is 1. The molecule has 1 heterocycles. The van der Waals surface area contributed by atoms with E-state index in [0.29, 0.717) is 23.8 Å². The molecule has 4 nitrogen and oxygen atoms in total. The molecule has 2 aromatic rings. The Bertz CT molecular complexity index is 516. The Morgan fingerprint density at radius 2 is 2.31 bits per heavy atom. The van der Waals surface area contributed by atoms with Crippen LogP contribution in [0, 0.1) is 6.92 Å². The first-order valence-electron chi connectivity index (χ1n) is 5.06. The van der Waals surface area contributed by atoms with E-state index in [-0.39, 0.29) is 0 Å². The van der Waals surface area contributed by atoms with E-state index in [0.717, 1.165) is 10.9 Å². The van der Waals surface area contributed by atoms with Crippen LogP contribution in [0.15, 0.2) is 22.6 Å². The molecule has 0 saturated carbocycles. The van der Waals surface area contributed by atoms with Crippen molar-refractivity contribution < 1.29 is 13.9 Å². The highest BCUT2D eigenvalue weighted by Gasteiger charge is 2.16. The first kappa shape index (κ1) is 10.5. The van der Waals surface area contributed by atoms with E-state index < -0.39 is 0 Å². The number of aryl methyl sites for hydroxylation is 1. The fourth-order valence-electron chi connectivity index (χ4n) is 1.70. The molecule has 0 atom stereocenters. The molecule has 1 N–H and O–H groups in total. The Morgan fingerprint density at radius 3 is 3.00 bits per heavy atom. The summed E-state index contributed by atoms with van der Waals surface area (Å²) in [5.74, 6) is 0.875. The number of furan rings is 1. The molecule has 83 valence electrons. The lowest BCUT2D eigenvalue weighted by atomic mass is 10.1. The van der Waals surface area contributed by atoms with E-state index in [1.165, 1.54) is 0 Å². The SMILES string of the molecule is CCOc1c(N[C]=O)oc2cccc(C)c12. The molecule has 1 aromatic carbocycles. The van der Waals surface area contributed by atoms with Crippen molar-refractivity contribution in [2.45, 2.75) is 13.8 Å². The highest BCUT2D eigenvalue weighted by Crippen LogP contribution is 2.38. The Balaban J connectivity index is 2.66. The zero-order valence-corrected chi connectivity index (χ0v) is 9.16. The van der Waals surface area contributed by atoms with E-state index in [9.17, 15) is 4.79 Å². The molecule has 0 unspecified atom stereocenters. The summed E-state index contributed by atoms with van der Waals surface area (Å²) in [5.41, 5.74) is 1.74. The van der Waals surface area contributed by atoms with E-state index in [1.807, 2.05) is 32.0 Å². The summed E-state index contributed by atoms with van der Waals surface area (Å²) in [7, 11) is 0. The van der Waals surface area contributed by atoms with Gasteiger partial charge in [-0.05, 0) is 25.5 Å². The van der Waals surface area contributed by atoms with E-state index in [2.05, 4.69) is 5.32 Å². The predicted octanol–water partition coefficient (Wildman–Crippen LogP) is 2.62. The number of benzene rings is 1. The maximum absolute atomic E-state index is 10.3. The highest BCUT2D eigenvalue weighted by molar-refractivity contribution is 5.94. The lowest BCUT2D eigenvalue weighted by Gasteiger charge is -2.03. The number of rotatable bonds is 4.